The average Bonchev–Trinajstić information content (AvgIpc) is 2.78. The zero-order chi connectivity index (χ0) is 14.0. The van der Waals surface area contributed by atoms with E-state index in [0.29, 0.717) is 12.1 Å². The Hall–Kier alpha value is -1.23. The summed E-state index contributed by atoms with van der Waals surface area (Å²) in [7, 11) is 0. The van der Waals surface area contributed by atoms with E-state index in [1.807, 2.05) is 17.7 Å². The maximum absolute atomic E-state index is 12.0. The summed E-state index contributed by atoms with van der Waals surface area (Å²) in [5.74, 6) is -0.227. The highest BCUT2D eigenvalue weighted by molar-refractivity contribution is 7.08. The summed E-state index contributed by atoms with van der Waals surface area (Å²) in [6.45, 7) is 2.49. The van der Waals surface area contributed by atoms with Crippen LogP contribution in [-0.2, 0) is 6.54 Å². The van der Waals surface area contributed by atoms with E-state index >= 15 is 0 Å². The van der Waals surface area contributed by atoms with Crippen LogP contribution in [0.1, 0.15) is 21.5 Å². The van der Waals surface area contributed by atoms with Gasteiger partial charge in [-0.15, -0.1) is 0 Å². The van der Waals surface area contributed by atoms with Crippen molar-refractivity contribution in [3.63, 3.8) is 0 Å². The normalized spacial score (nSPS) is 10.5. The minimum atomic E-state index is -0.227. The molecule has 0 aliphatic carbocycles. The number of rotatable bonds is 3. The Kier molecular flexibility index (Phi) is 4.34. The summed E-state index contributed by atoms with van der Waals surface area (Å²) in [5.41, 5.74) is 8.58. The van der Waals surface area contributed by atoms with Crippen molar-refractivity contribution in [1.82, 2.24) is 5.32 Å². The molecule has 1 heterocycles. The molecule has 3 N–H and O–H groups in total. The van der Waals surface area contributed by atoms with Crippen LogP contribution in [0.2, 0.25) is 10.0 Å². The van der Waals surface area contributed by atoms with Crippen molar-refractivity contribution in [3.05, 3.63) is 49.6 Å². The van der Waals surface area contributed by atoms with Crippen molar-refractivity contribution >= 4 is 46.1 Å². The SMILES string of the molecule is Cc1cscc1CNC(=O)c1cc(Cl)c(N)c(Cl)c1. The highest BCUT2D eigenvalue weighted by Gasteiger charge is 2.11. The minimum Gasteiger partial charge on any atom is -0.396 e. The summed E-state index contributed by atoms with van der Waals surface area (Å²) in [6, 6.07) is 3.02. The van der Waals surface area contributed by atoms with Crippen molar-refractivity contribution in [2.75, 3.05) is 5.73 Å². The monoisotopic (exact) mass is 314 g/mol. The number of amides is 1. The summed E-state index contributed by atoms with van der Waals surface area (Å²) in [5, 5.41) is 7.44. The molecule has 3 nitrogen and oxygen atoms in total. The van der Waals surface area contributed by atoms with E-state index in [9.17, 15) is 4.79 Å². The van der Waals surface area contributed by atoms with Gasteiger partial charge in [-0.3, -0.25) is 4.79 Å². The molecule has 2 rings (SSSR count). The first-order valence-electron chi connectivity index (χ1n) is 5.53. The molecule has 0 radical (unpaired) electrons. The smallest absolute Gasteiger partial charge is 0.251 e. The number of benzene rings is 1. The molecule has 1 aromatic heterocycles. The standard InChI is InChI=1S/C13H12Cl2N2OS/c1-7-5-19-6-9(7)4-17-13(18)8-2-10(14)12(16)11(15)3-8/h2-3,5-6H,4,16H2,1H3,(H,17,18). The van der Waals surface area contributed by atoms with Crippen LogP contribution in [0, 0.1) is 6.92 Å². The van der Waals surface area contributed by atoms with E-state index in [1.54, 1.807) is 11.3 Å². The minimum absolute atomic E-state index is 0.227. The molecule has 100 valence electrons. The Bertz CT molecular complexity index is 602. The third-order valence-electron chi connectivity index (χ3n) is 2.74. The number of carbonyl (C=O) groups excluding carboxylic acids is 1. The van der Waals surface area contributed by atoms with Gasteiger partial charge in [0.05, 0.1) is 15.7 Å². The number of hydrogen-bond donors (Lipinski definition) is 2. The lowest BCUT2D eigenvalue weighted by Crippen LogP contribution is -2.23. The largest absolute Gasteiger partial charge is 0.396 e. The molecule has 2 aromatic rings. The molecular weight excluding hydrogens is 303 g/mol. The summed E-state index contributed by atoms with van der Waals surface area (Å²) in [4.78, 5) is 12.0. The van der Waals surface area contributed by atoms with E-state index in [4.69, 9.17) is 28.9 Å². The highest BCUT2D eigenvalue weighted by Crippen LogP contribution is 2.28. The van der Waals surface area contributed by atoms with E-state index in [2.05, 4.69) is 5.32 Å². The maximum Gasteiger partial charge on any atom is 0.251 e. The van der Waals surface area contributed by atoms with E-state index < -0.39 is 0 Å². The number of anilines is 1. The molecule has 0 aliphatic rings. The quantitative estimate of drug-likeness (QED) is 0.845. The molecule has 0 bridgehead atoms. The Morgan fingerprint density at radius 1 is 1.32 bits per heavy atom. The van der Waals surface area contributed by atoms with Crippen LogP contribution in [0.5, 0.6) is 0 Å². The van der Waals surface area contributed by atoms with Gasteiger partial charge in [0.15, 0.2) is 0 Å². The number of hydrogen-bond acceptors (Lipinski definition) is 3. The van der Waals surface area contributed by atoms with Crippen molar-refractivity contribution in [2.45, 2.75) is 13.5 Å². The van der Waals surface area contributed by atoms with Crippen LogP contribution >= 0.6 is 34.5 Å². The van der Waals surface area contributed by atoms with Gasteiger partial charge in [0.25, 0.3) is 5.91 Å². The zero-order valence-electron chi connectivity index (χ0n) is 10.2. The van der Waals surface area contributed by atoms with Gasteiger partial charge >= 0.3 is 0 Å². The average molecular weight is 315 g/mol. The number of aryl methyl sites for hydroxylation is 1. The number of nitrogen functional groups attached to an aromatic ring is 1. The van der Waals surface area contributed by atoms with Gasteiger partial charge in [0.2, 0.25) is 0 Å². The van der Waals surface area contributed by atoms with Crippen LogP contribution in [0.25, 0.3) is 0 Å². The Balaban J connectivity index is 2.10. The van der Waals surface area contributed by atoms with Crippen LogP contribution in [0.4, 0.5) is 5.69 Å². The molecule has 6 heteroatoms. The molecule has 0 spiro atoms. The Labute approximate surface area is 125 Å². The van der Waals surface area contributed by atoms with Gasteiger partial charge in [-0.2, -0.15) is 11.3 Å². The second-order valence-electron chi connectivity index (χ2n) is 4.12. The van der Waals surface area contributed by atoms with Crippen LogP contribution < -0.4 is 11.1 Å². The van der Waals surface area contributed by atoms with Crippen LogP contribution in [-0.4, -0.2) is 5.91 Å². The number of carbonyl (C=O) groups is 1. The van der Waals surface area contributed by atoms with Crippen molar-refractivity contribution < 1.29 is 4.79 Å². The molecule has 0 fully saturated rings. The number of nitrogens with two attached hydrogens (primary N) is 1. The summed E-state index contributed by atoms with van der Waals surface area (Å²) >= 11 is 13.4. The second kappa shape index (κ2) is 5.82. The first-order chi connectivity index (χ1) is 8.99. The lowest BCUT2D eigenvalue weighted by molar-refractivity contribution is 0.0951. The third kappa shape index (κ3) is 3.21. The fourth-order valence-electron chi connectivity index (χ4n) is 1.56. The number of nitrogens with one attached hydrogen (secondary N) is 1. The van der Waals surface area contributed by atoms with Gasteiger partial charge in [0.1, 0.15) is 0 Å². The molecule has 0 saturated heterocycles. The highest BCUT2D eigenvalue weighted by atomic mass is 35.5. The number of halogens is 2. The Morgan fingerprint density at radius 3 is 2.47 bits per heavy atom. The number of thiophene rings is 1. The van der Waals surface area contributed by atoms with Gasteiger partial charge in [-0.1, -0.05) is 23.2 Å². The van der Waals surface area contributed by atoms with Gasteiger partial charge < -0.3 is 11.1 Å². The molecule has 19 heavy (non-hydrogen) atoms. The van der Waals surface area contributed by atoms with E-state index in [-0.39, 0.29) is 21.6 Å². The fourth-order valence-corrected chi connectivity index (χ4v) is 2.90. The Morgan fingerprint density at radius 2 is 1.95 bits per heavy atom. The predicted octanol–water partition coefficient (Wildman–Crippen LogP) is 3.88. The van der Waals surface area contributed by atoms with Gasteiger partial charge in [-0.25, -0.2) is 0 Å². The zero-order valence-corrected chi connectivity index (χ0v) is 12.5. The third-order valence-corrected chi connectivity index (χ3v) is 4.28. The van der Waals surface area contributed by atoms with Crippen molar-refractivity contribution in [1.29, 1.82) is 0 Å². The topological polar surface area (TPSA) is 55.1 Å². The maximum atomic E-state index is 12.0. The van der Waals surface area contributed by atoms with Gasteiger partial charge in [0, 0.05) is 12.1 Å². The molecule has 1 amide bonds. The van der Waals surface area contributed by atoms with Crippen molar-refractivity contribution in [2.24, 2.45) is 0 Å². The lowest BCUT2D eigenvalue weighted by Gasteiger charge is -2.08. The van der Waals surface area contributed by atoms with Crippen LogP contribution in [0.3, 0.4) is 0 Å². The fraction of sp³-hybridized carbons (Fsp3) is 0.154. The molecule has 0 unspecified atom stereocenters. The lowest BCUT2D eigenvalue weighted by atomic mass is 10.1. The molecule has 0 atom stereocenters. The van der Waals surface area contributed by atoms with Gasteiger partial charge in [-0.05, 0) is 40.9 Å². The molecular formula is C13H12Cl2N2OS. The second-order valence-corrected chi connectivity index (χ2v) is 5.67. The summed E-state index contributed by atoms with van der Waals surface area (Å²) in [6.07, 6.45) is 0. The first kappa shape index (κ1) is 14.2. The molecule has 0 saturated carbocycles. The van der Waals surface area contributed by atoms with E-state index in [0.717, 1.165) is 5.56 Å². The molecule has 1 aromatic carbocycles. The summed E-state index contributed by atoms with van der Waals surface area (Å²) < 4.78 is 0. The first-order valence-corrected chi connectivity index (χ1v) is 7.23. The molecule has 0 aliphatic heterocycles. The van der Waals surface area contributed by atoms with E-state index in [1.165, 1.54) is 17.7 Å². The van der Waals surface area contributed by atoms with Crippen LogP contribution in [0.15, 0.2) is 22.9 Å². The van der Waals surface area contributed by atoms with Crippen molar-refractivity contribution in [3.8, 4) is 0 Å². The predicted molar refractivity (Wildman–Crippen MR) is 81.1 cm³/mol.